The van der Waals surface area contributed by atoms with Crippen molar-refractivity contribution in [2.24, 2.45) is 11.8 Å². The number of carbonyl (C=O) groups excluding carboxylic acids is 1. The molecule has 2 aromatic heterocycles. The largest absolute Gasteiger partial charge is 0.512 e. The van der Waals surface area contributed by atoms with Gasteiger partial charge in [-0.25, -0.2) is 8.78 Å². The van der Waals surface area contributed by atoms with Gasteiger partial charge in [0.05, 0.1) is 9.87 Å². The molecule has 0 spiro atoms. The third kappa shape index (κ3) is 13.7. The second-order valence-corrected chi connectivity index (χ2v) is 16.1. The summed E-state index contributed by atoms with van der Waals surface area (Å²) >= 11 is 0. The van der Waals surface area contributed by atoms with Crippen molar-refractivity contribution < 1.29 is 42.9 Å². The molecule has 1 unspecified atom stereocenters. The van der Waals surface area contributed by atoms with Crippen LogP contribution in [0.15, 0.2) is 97.0 Å². The summed E-state index contributed by atoms with van der Waals surface area (Å²) in [5.41, 5.74) is 10.4. The number of aryl methyl sites for hydroxylation is 4. The van der Waals surface area contributed by atoms with Crippen LogP contribution in [0.25, 0.3) is 44.1 Å². The van der Waals surface area contributed by atoms with E-state index in [1.807, 2.05) is 58.9 Å². The predicted octanol–water partition coefficient (Wildman–Crippen LogP) is 15.0. The van der Waals surface area contributed by atoms with Crippen molar-refractivity contribution in [3.63, 3.8) is 0 Å². The van der Waals surface area contributed by atoms with Crippen molar-refractivity contribution in [3.8, 4) is 22.5 Å². The standard InChI is InChI=1S/2C20H20N.C13H22F2O2.Ir/c2*1-13(2)16-5-6-19-17(12-16)7-8-21-20(19)18-10-14(3)9-15(4)11-18;1-4-9(5-2)11(16)8-12(17)10(6-3)7-13(14)15;/h2*5-10,12-13H,1-4H3;8-10,13,17H,4-7H2,1-3H3;/q2*-1;;/b;;12-8-;/i7D,8D;8D;;. The first kappa shape index (κ1) is 45.0. The maximum atomic E-state index is 12.2. The van der Waals surface area contributed by atoms with Crippen molar-refractivity contribution >= 4 is 27.3 Å². The third-order valence-corrected chi connectivity index (χ3v) is 10.6. The molecule has 0 saturated heterocycles. The van der Waals surface area contributed by atoms with Crippen molar-refractivity contribution in [1.29, 1.82) is 0 Å². The zero-order valence-corrected chi connectivity index (χ0v) is 39.4. The molecular formula is C53H62F2IrN2O2-2. The molecule has 60 heavy (non-hydrogen) atoms. The Morgan fingerprint density at radius 3 is 1.62 bits per heavy atom. The molecule has 321 valence electrons. The van der Waals surface area contributed by atoms with Crippen LogP contribution in [0.4, 0.5) is 8.78 Å². The van der Waals surface area contributed by atoms with E-state index in [2.05, 4.69) is 99.2 Å². The van der Waals surface area contributed by atoms with Crippen molar-refractivity contribution in [1.82, 2.24) is 9.97 Å². The van der Waals surface area contributed by atoms with Crippen LogP contribution in [-0.2, 0) is 24.9 Å². The summed E-state index contributed by atoms with van der Waals surface area (Å²) in [5.74, 6) is -0.250. The van der Waals surface area contributed by atoms with Crippen LogP contribution in [0.2, 0.25) is 0 Å². The van der Waals surface area contributed by atoms with Crippen LogP contribution < -0.4 is 0 Å². The monoisotopic (exact) mass is 992 g/mol. The smallest absolute Gasteiger partial charge is 0.239 e. The van der Waals surface area contributed by atoms with E-state index >= 15 is 0 Å². The molecule has 0 saturated carbocycles. The molecule has 0 fully saturated rings. The maximum Gasteiger partial charge on any atom is 0.239 e. The fourth-order valence-electron chi connectivity index (χ4n) is 7.18. The molecule has 7 heteroatoms. The van der Waals surface area contributed by atoms with E-state index in [0.29, 0.717) is 37.3 Å². The minimum atomic E-state index is -2.46. The van der Waals surface area contributed by atoms with Gasteiger partial charge < -0.3 is 15.1 Å². The van der Waals surface area contributed by atoms with Gasteiger partial charge in [0.1, 0.15) is 0 Å². The van der Waals surface area contributed by atoms with Gasteiger partial charge in [0.2, 0.25) is 6.43 Å². The van der Waals surface area contributed by atoms with Crippen LogP contribution in [0, 0.1) is 51.7 Å². The number of allylic oxidation sites excluding steroid dienone is 2. The summed E-state index contributed by atoms with van der Waals surface area (Å²) in [6.07, 6.45) is 0.400. The van der Waals surface area contributed by atoms with E-state index in [0.717, 1.165) is 66.8 Å². The van der Waals surface area contributed by atoms with E-state index in [9.17, 15) is 18.7 Å². The molecule has 1 N–H and O–H groups in total. The molecule has 2 heterocycles. The molecule has 6 aromatic rings. The summed E-state index contributed by atoms with van der Waals surface area (Å²) in [6.45, 7) is 22.3. The molecule has 0 aliphatic heterocycles. The number of ketones is 1. The van der Waals surface area contributed by atoms with E-state index in [4.69, 9.17) is 4.11 Å². The summed E-state index contributed by atoms with van der Waals surface area (Å²) < 4.78 is 48.8. The second kappa shape index (κ2) is 23.4. The minimum Gasteiger partial charge on any atom is -0.512 e. The minimum absolute atomic E-state index is 0. The molecule has 0 aliphatic carbocycles. The van der Waals surface area contributed by atoms with Gasteiger partial charge in [0.15, 0.2) is 5.78 Å². The molecular weight excluding hydrogens is 927 g/mol. The molecule has 6 rings (SSSR count). The number of halogens is 2. The number of aliphatic hydroxyl groups excluding tert-OH is 1. The first-order chi connectivity index (χ1) is 29.3. The number of rotatable bonds is 12. The van der Waals surface area contributed by atoms with Crippen molar-refractivity contribution in [2.75, 3.05) is 0 Å². The zero-order chi connectivity index (χ0) is 46.0. The summed E-state index contributed by atoms with van der Waals surface area (Å²) in [6, 6.07) is 29.6. The Labute approximate surface area is 375 Å². The molecule has 1 atom stereocenters. The Morgan fingerprint density at radius 1 is 0.700 bits per heavy atom. The maximum absolute atomic E-state index is 12.2. The summed E-state index contributed by atoms with van der Waals surface area (Å²) in [4.78, 5) is 20.5. The number of alkyl halides is 2. The van der Waals surface area contributed by atoms with E-state index < -0.39 is 18.8 Å². The number of hydrogen-bond acceptors (Lipinski definition) is 4. The number of aromatic nitrogens is 2. The van der Waals surface area contributed by atoms with Crippen LogP contribution in [-0.4, -0.2) is 27.3 Å². The Bertz CT molecular complexity index is 2500. The van der Waals surface area contributed by atoms with Gasteiger partial charge in [0.25, 0.3) is 0 Å². The summed E-state index contributed by atoms with van der Waals surface area (Å²) in [5, 5.41) is 13.5. The van der Waals surface area contributed by atoms with Crippen molar-refractivity contribution in [2.45, 2.75) is 120 Å². The normalized spacial score (nSPS) is 12.7. The number of benzene rings is 4. The van der Waals surface area contributed by atoms with Crippen LogP contribution in [0.3, 0.4) is 0 Å². The van der Waals surface area contributed by atoms with Crippen LogP contribution in [0.5, 0.6) is 0 Å². The number of hydrogen-bond donors (Lipinski definition) is 1. The average molecular weight is 992 g/mol. The fraction of sp³-hybridized carbons (Fsp3) is 0.377. The van der Waals surface area contributed by atoms with Crippen LogP contribution in [0.1, 0.15) is 123 Å². The average Bonchev–Trinajstić information content (AvgIpc) is 3.20. The topological polar surface area (TPSA) is 63.1 Å². The SMILES string of the molecule is CCC(CC)C(=O)/C=C(\O)C(CC)CC(F)F.[2H]c1cc2cc(C(C)C)ccc2c(-c2[c-]c(C)cc(C)c2)n1.[2H]c1nc(-c2[c-]c(C)cc(C)c2)c2ccc(C(C)C)cc2c1[2H].[Ir]. The Balaban J connectivity index is 0.000000253. The second-order valence-electron chi connectivity index (χ2n) is 16.1. The van der Waals surface area contributed by atoms with Crippen LogP contribution >= 0.6 is 0 Å². The molecule has 0 amide bonds. The molecule has 0 bridgehead atoms. The van der Waals surface area contributed by atoms with Gasteiger partial charge in [-0.3, -0.25) is 4.79 Å². The van der Waals surface area contributed by atoms with E-state index in [1.165, 1.54) is 16.7 Å². The van der Waals surface area contributed by atoms with E-state index in [-0.39, 0.29) is 49.8 Å². The number of aliphatic hydroxyl groups is 1. The van der Waals surface area contributed by atoms with E-state index in [1.54, 1.807) is 6.92 Å². The third-order valence-electron chi connectivity index (χ3n) is 10.6. The molecule has 1 radical (unpaired) electrons. The predicted molar refractivity (Wildman–Crippen MR) is 243 cm³/mol. The number of carbonyl (C=O) groups is 1. The first-order valence-corrected chi connectivity index (χ1v) is 20.8. The number of pyridine rings is 2. The Kier molecular flexibility index (Phi) is 17.6. The van der Waals surface area contributed by atoms with Gasteiger partial charge in [-0.1, -0.05) is 113 Å². The van der Waals surface area contributed by atoms with Gasteiger partial charge >= 0.3 is 0 Å². The van der Waals surface area contributed by atoms with Crippen molar-refractivity contribution in [3.05, 3.63) is 142 Å². The van der Waals surface area contributed by atoms with Gasteiger partial charge in [-0.2, -0.15) is 0 Å². The molecule has 0 aliphatic rings. The molecule has 4 aromatic carbocycles. The zero-order valence-electron chi connectivity index (χ0n) is 40.0. The first-order valence-electron chi connectivity index (χ1n) is 22.3. The van der Waals surface area contributed by atoms with Gasteiger partial charge in [-0.05, 0) is 87.3 Å². The number of nitrogens with zero attached hydrogens (tertiary/aromatic N) is 2. The summed E-state index contributed by atoms with van der Waals surface area (Å²) in [7, 11) is 0. The molecule has 4 nitrogen and oxygen atoms in total. The number of fused-ring (bicyclic) bond motifs is 2. The van der Waals surface area contributed by atoms with Gasteiger partial charge in [0, 0.05) is 56.8 Å². The fourth-order valence-corrected chi connectivity index (χ4v) is 7.18. The quantitative estimate of drug-likeness (QED) is 0.0754. The van der Waals surface area contributed by atoms with Gasteiger partial charge in [-0.15, -0.1) is 69.8 Å². The Hall–Kier alpha value is -4.58. The Morgan fingerprint density at radius 2 is 1.17 bits per heavy atom.